The first-order valence-electron chi connectivity index (χ1n) is 6.17. The van der Waals surface area contributed by atoms with Crippen molar-refractivity contribution in [1.82, 2.24) is 4.98 Å². The number of nitrogens with zero attached hydrogens (tertiary/aromatic N) is 1. The average Bonchev–Trinajstić information content (AvgIpc) is 2.24. The maximum absolute atomic E-state index is 13.1. The smallest absolute Gasteiger partial charge is 0.141 e. The van der Waals surface area contributed by atoms with E-state index in [0.717, 1.165) is 12.0 Å². The lowest BCUT2D eigenvalue weighted by Gasteiger charge is -2.24. The van der Waals surface area contributed by atoms with Crippen LogP contribution in [0.4, 0.5) is 4.39 Å². The molecule has 0 spiro atoms. The summed E-state index contributed by atoms with van der Waals surface area (Å²) in [6.07, 6.45) is 9.15. The van der Waals surface area contributed by atoms with E-state index in [0.29, 0.717) is 0 Å². The zero-order valence-corrected chi connectivity index (χ0v) is 10.6. The normalized spacial score (nSPS) is 11.8. The molecule has 1 rings (SSSR count). The van der Waals surface area contributed by atoms with Crippen molar-refractivity contribution in [3.05, 3.63) is 29.8 Å². The van der Waals surface area contributed by atoms with Crippen LogP contribution in [0.2, 0.25) is 0 Å². The third-order valence-electron chi connectivity index (χ3n) is 3.14. The lowest BCUT2D eigenvalue weighted by atomic mass is 9.81. The van der Waals surface area contributed by atoms with Crippen LogP contribution in [0.15, 0.2) is 18.5 Å². The van der Waals surface area contributed by atoms with Gasteiger partial charge in [0, 0.05) is 6.20 Å². The first-order chi connectivity index (χ1) is 7.56. The van der Waals surface area contributed by atoms with E-state index in [1.54, 1.807) is 12.3 Å². The van der Waals surface area contributed by atoms with Crippen molar-refractivity contribution in [3.63, 3.8) is 0 Å². The van der Waals surface area contributed by atoms with E-state index in [1.165, 1.54) is 31.9 Å². The fourth-order valence-electron chi connectivity index (χ4n) is 1.92. The summed E-state index contributed by atoms with van der Waals surface area (Å²) >= 11 is 0. The predicted octanol–water partition coefficient (Wildman–Crippen LogP) is 4.47. The Labute approximate surface area is 98.1 Å². The van der Waals surface area contributed by atoms with Gasteiger partial charge in [-0.15, -0.1) is 0 Å². The SMILES string of the molecule is CCCCCCC(C)(C)c1cncc(F)c1. The molecule has 0 amide bonds. The van der Waals surface area contributed by atoms with E-state index >= 15 is 0 Å². The number of unbranched alkanes of at least 4 members (excludes halogenated alkanes) is 3. The Morgan fingerprint density at radius 3 is 2.56 bits per heavy atom. The maximum Gasteiger partial charge on any atom is 0.141 e. The molecule has 0 aliphatic rings. The van der Waals surface area contributed by atoms with Gasteiger partial charge >= 0.3 is 0 Å². The molecule has 0 unspecified atom stereocenters. The predicted molar refractivity (Wildman–Crippen MR) is 66.0 cm³/mol. The van der Waals surface area contributed by atoms with Crippen molar-refractivity contribution in [2.45, 2.75) is 58.3 Å². The summed E-state index contributed by atoms with van der Waals surface area (Å²) in [6.45, 7) is 6.53. The van der Waals surface area contributed by atoms with Crippen molar-refractivity contribution >= 4 is 0 Å². The van der Waals surface area contributed by atoms with Gasteiger partial charge in [0.1, 0.15) is 5.82 Å². The Balaban J connectivity index is 2.55. The molecule has 90 valence electrons. The Hall–Kier alpha value is -0.920. The van der Waals surface area contributed by atoms with Crippen molar-refractivity contribution in [1.29, 1.82) is 0 Å². The van der Waals surface area contributed by atoms with Crippen molar-refractivity contribution in [2.24, 2.45) is 0 Å². The van der Waals surface area contributed by atoms with Gasteiger partial charge in [-0.1, -0.05) is 46.5 Å². The van der Waals surface area contributed by atoms with Crippen LogP contribution in [0.3, 0.4) is 0 Å². The van der Waals surface area contributed by atoms with Crippen LogP contribution < -0.4 is 0 Å². The topological polar surface area (TPSA) is 12.9 Å². The Kier molecular flexibility index (Phi) is 4.91. The fraction of sp³-hybridized carbons (Fsp3) is 0.643. The van der Waals surface area contributed by atoms with E-state index in [1.807, 2.05) is 0 Å². The van der Waals surface area contributed by atoms with Crippen LogP contribution >= 0.6 is 0 Å². The van der Waals surface area contributed by atoms with Crippen molar-refractivity contribution < 1.29 is 4.39 Å². The summed E-state index contributed by atoms with van der Waals surface area (Å²) in [6, 6.07) is 1.60. The summed E-state index contributed by atoms with van der Waals surface area (Å²) in [5.41, 5.74) is 1.03. The Morgan fingerprint density at radius 2 is 1.94 bits per heavy atom. The monoisotopic (exact) mass is 223 g/mol. The Bertz CT molecular complexity index is 320. The number of hydrogen-bond acceptors (Lipinski definition) is 1. The highest BCUT2D eigenvalue weighted by atomic mass is 19.1. The maximum atomic E-state index is 13.1. The first-order valence-corrected chi connectivity index (χ1v) is 6.17. The molecule has 2 heteroatoms. The molecule has 0 aromatic carbocycles. The summed E-state index contributed by atoms with van der Waals surface area (Å²) < 4.78 is 13.1. The zero-order chi connectivity index (χ0) is 12.0. The van der Waals surface area contributed by atoms with Crippen LogP contribution in [0.25, 0.3) is 0 Å². The van der Waals surface area contributed by atoms with Gasteiger partial charge in [-0.05, 0) is 23.5 Å². The van der Waals surface area contributed by atoms with E-state index in [9.17, 15) is 4.39 Å². The minimum absolute atomic E-state index is 0.0306. The van der Waals surface area contributed by atoms with Gasteiger partial charge in [-0.2, -0.15) is 0 Å². The molecule has 0 saturated heterocycles. The van der Waals surface area contributed by atoms with E-state index < -0.39 is 0 Å². The van der Waals surface area contributed by atoms with Gasteiger partial charge in [0.2, 0.25) is 0 Å². The molecule has 0 bridgehead atoms. The number of aromatic nitrogens is 1. The second-order valence-corrected chi connectivity index (χ2v) is 5.09. The molecule has 1 aromatic rings. The quantitative estimate of drug-likeness (QED) is 0.648. The molecule has 16 heavy (non-hydrogen) atoms. The summed E-state index contributed by atoms with van der Waals surface area (Å²) in [5.74, 6) is -0.237. The molecule has 0 aliphatic heterocycles. The lowest BCUT2D eigenvalue weighted by molar-refractivity contribution is 0.442. The molecule has 0 saturated carbocycles. The minimum Gasteiger partial charge on any atom is -0.261 e. The van der Waals surface area contributed by atoms with Gasteiger partial charge in [-0.3, -0.25) is 4.98 Å². The number of halogens is 1. The van der Waals surface area contributed by atoms with Crippen LogP contribution in [-0.2, 0) is 5.41 Å². The molecular weight excluding hydrogens is 201 g/mol. The van der Waals surface area contributed by atoms with Gasteiger partial charge in [-0.25, -0.2) is 4.39 Å². The van der Waals surface area contributed by atoms with E-state index in [4.69, 9.17) is 0 Å². The molecule has 0 radical (unpaired) electrons. The van der Waals surface area contributed by atoms with Crippen LogP contribution in [0, 0.1) is 5.82 Å². The third-order valence-corrected chi connectivity index (χ3v) is 3.14. The molecule has 0 aliphatic carbocycles. The summed E-state index contributed by atoms with van der Waals surface area (Å²) in [4.78, 5) is 3.92. The molecule has 0 fully saturated rings. The fourth-order valence-corrected chi connectivity index (χ4v) is 1.92. The molecule has 0 atom stereocenters. The van der Waals surface area contributed by atoms with Gasteiger partial charge in [0.15, 0.2) is 0 Å². The highest BCUT2D eigenvalue weighted by Gasteiger charge is 2.20. The molecule has 1 heterocycles. The standard InChI is InChI=1S/C14H22FN/c1-4-5-6-7-8-14(2,3)12-9-13(15)11-16-10-12/h9-11H,4-8H2,1-3H3. The zero-order valence-electron chi connectivity index (χ0n) is 10.6. The second kappa shape index (κ2) is 5.97. The molecule has 1 nitrogen and oxygen atoms in total. The van der Waals surface area contributed by atoms with Crippen molar-refractivity contribution in [2.75, 3.05) is 0 Å². The van der Waals surface area contributed by atoms with Crippen molar-refractivity contribution in [3.8, 4) is 0 Å². The Morgan fingerprint density at radius 1 is 1.19 bits per heavy atom. The highest BCUT2D eigenvalue weighted by molar-refractivity contribution is 5.20. The first kappa shape index (κ1) is 13.1. The number of hydrogen-bond donors (Lipinski definition) is 0. The summed E-state index contributed by atoms with van der Waals surface area (Å²) in [5, 5.41) is 0. The molecule has 1 aromatic heterocycles. The minimum atomic E-state index is -0.237. The van der Waals surface area contributed by atoms with E-state index in [-0.39, 0.29) is 11.2 Å². The van der Waals surface area contributed by atoms with Gasteiger partial charge in [0.25, 0.3) is 0 Å². The third kappa shape index (κ3) is 3.92. The van der Waals surface area contributed by atoms with Gasteiger partial charge in [0.05, 0.1) is 6.20 Å². The van der Waals surface area contributed by atoms with Crippen LogP contribution in [-0.4, -0.2) is 4.98 Å². The number of pyridine rings is 1. The van der Waals surface area contributed by atoms with Gasteiger partial charge < -0.3 is 0 Å². The lowest BCUT2D eigenvalue weighted by Crippen LogP contribution is -2.17. The van der Waals surface area contributed by atoms with Crippen LogP contribution in [0.5, 0.6) is 0 Å². The molecule has 0 N–H and O–H groups in total. The number of rotatable bonds is 6. The van der Waals surface area contributed by atoms with Crippen LogP contribution in [0.1, 0.15) is 58.4 Å². The molecular formula is C14H22FN. The second-order valence-electron chi connectivity index (χ2n) is 5.09. The average molecular weight is 223 g/mol. The summed E-state index contributed by atoms with van der Waals surface area (Å²) in [7, 11) is 0. The largest absolute Gasteiger partial charge is 0.261 e. The van der Waals surface area contributed by atoms with E-state index in [2.05, 4.69) is 25.8 Å². The highest BCUT2D eigenvalue weighted by Crippen LogP contribution is 2.29.